The topological polar surface area (TPSA) is 333 Å². The third-order valence-corrected chi connectivity index (χ3v) is 1.69. The highest BCUT2D eigenvalue weighted by atomic mass is 35.5. The van der Waals surface area contributed by atoms with Crippen LogP contribution in [0.2, 0.25) is 0 Å². The van der Waals surface area contributed by atoms with Crippen LogP contribution in [0.4, 0.5) is 0 Å². The van der Waals surface area contributed by atoms with Crippen LogP contribution in [-0.2, 0) is 0 Å². The van der Waals surface area contributed by atoms with Gasteiger partial charge in [0.15, 0.2) is 0 Å². The minimum atomic E-state index is 0. The summed E-state index contributed by atoms with van der Waals surface area (Å²) in [7, 11) is 0. The molecule has 13 heteroatoms. The Morgan fingerprint density at radius 2 is 1.22 bits per heavy atom. The van der Waals surface area contributed by atoms with E-state index in [4.69, 9.17) is 11.1 Å². The number of hydrogen-bond acceptors (Lipinski definition) is 2. The van der Waals surface area contributed by atoms with Crippen LogP contribution in [0.1, 0.15) is 4.88 Å². The van der Waals surface area contributed by atoms with E-state index in [9.17, 15) is 0 Å². The number of thiophene rings is 1. The molecule has 0 fully saturated rings. The summed E-state index contributed by atoms with van der Waals surface area (Å²) in [6, 6.07) is 3.70. The van der Waals surface area contributed by atoms with Crippen molar-refractivity contribution >= 4 is 29.6 Å². The maximum absolute atomic E-state index is 6.94. The third-order valence-electron chi connectivity index (χ3n) is 0.787. The van der Waals surface area contributed by atoms with E-state index < -0.39 is 0 Å². The number of rotatable bonds is 1. The molecule has 0 aliphatic carbocycles. The summed E-state index contributed by atoms with van der Waals surface area (Å²) in [4.78, 5) is 0.838. The Kier molecular flexibility index (Phi) is 217. The van der Waals surface area contributed by atoms with Crippen molar-refractivity contribution in [2.45, 2.75) is 0 Å². The summed E-state index contributed by atoms with van der Waals surface area (Å²) < 4.78 is 0. The first-order valence-corrected chi connectivity index (χ1v) is 3.06. The van der Waals surface area contributed by atoms with E-state index in [0.717, 1.165) is 4.88 Å². The van der Waals surface area contributed by atoms with E-state index in [-0.39, 0.29) is 67.5 Å². The Bertz CT molecular complexity index is 201. The smallest absolute Gasteiger partial charge is 0.133 e. The molecule has 0 amide bonds. The van der Waals surface area contributed by atoms with Crippen molar-refractivity contribution in [1.82, 2.24) is 0 Å². The molecule has 0 atom stereocenters. The standard InChI is InChI=1S/C5H6N2S.ClH.9H2O/c6-5(7)4-2-1-3-8-4;;;;;;;;;;/h1-3H,(H3,6,7);1H;9*1H2. The Labute approximate surface area is 113 Å². The Morgan fingerprint density at radius 1 is 0.889 bits per heavy atom. The Morgan fingerprint density at radius 3 is 1.33 bits per heavy atom. The predicted molar refractivity (Wildman–Crippen MR) is 75.1 cm³/mol. The molecule has 11 nitrogen and oxygen atoms in total. The summed E-state index contributed by atoms with van der Waals surface area (Å²) in [5.74, 6) is 0.153. The average Bonchev–Trinajstić information content (AvgIpc) is 2.12. The van der Waals surface area contributed by atoms with E-state index in [2.05, 4.69) is 0 Å². The van der Waals surface area contributed by atoms with Gasteiger partial charge in [0.2, 0.25) is 0 Å². The average molecular weight is 325 g/mol. The van der Waals surface area contributed by atoms with Gasteiger partial charge in [-0.15, -0.1) is 23.7 Å². The van der Waals surface area contributed by atoms with Crippen LogP contribution in [-0.4, -0.2) is 55.1 Å². The van der Waals surface area contributed by atoms with Gasteiger partial charge in [-0.25, -0.2) is 0 Å². The normalized spacial score (nSPS) is 4.00. The fourth-order valence-corrected chi connectivity index (χ4v) is 1.02. The SMILES string of the molecule is Cl.N=C(N)c1cccs1.O.O.O.O.O.O.O.O.O. The zero-order chi connectivity index (χ0) is 5.98. The van der Waals surface area contributed by atoms with Gasteiger partial charge in [-0.3, -0.25) is 5.41 Å². The molecule has 1 heterocycles. The van der Waals surface area contributed by atoms with Gasteiger partial charge in [0.05, 0.1) is 4.88 Å². The minimum Gasteiger partial charge on any atom is -0.412 e. The predicted octanol–water partition coefficient (Wildman–Crippen LogP) is -5.97. The van der Waals surface area contributed by atoms with E-state index in [1.54, 1.807) is 0 Å². The van der Waals surface area contributed by atoms with Crippen molar-refractivity contribution in [2.24, 2.45) is 5.73 Å². The van der Waals surface area contributed by atoms with Gasteiger partial charge in [-0.2, -0.15) is 0 Å². The molecule has 0 aromatic carbocycles. The van der Waals surface area contributed by atoms with Crippen molar-refractivity contribution in [3.8, 4) is 0 Å². The summed E-state index contributed by atoms with van der Waals surface area (Å²) in [5.41, 5.74) is 5.15. The van der Waals surface area contributed by atoms with E-state index in [1.165, 1.54) is 11.3 Å². The van der Waals surface area contributed by atoms with Crippen LogP contribution in [0.25, 0.3) is 0 Å². The van der Waals surface area contributed by atoms with Crippen LogP contribution >= 0.6 is 23.7 Å². The largest absolute Gasteiger partial charge is 0.412 e. The second-order valence-corrected chi connectivity index (χ2v) is 2.34. The lowest BCUT2D eigenvalue weighted by atomic mass is 10.4. The zero-order valence-corrected chi connectivity index (χ0v) is 10.8. The van der Waals surface area contributed by atoms with Gasteiger partial charge in [0.25, 0.3) is 0 Å². The number of halogens is 1. The lowest BCUT2D eigenvalue weighted by Gasteiger charge is -1.84. The molecule has 0 spiro atoms. The molecule has 0 saturated carbocycles. The molecule has 1 aromatic heterocycles. The van der Waals surface area contributed by atoms with Crippen molar-refractivity contribution in [2.75, 3.05) is 0 Å². The first-order chi connectivity index (χ1) is 3.80. The molecule has 1 rings (SSSR count). The maximum atomic E-state index is 6.94. The number of hydrogen-bond donors (Lipinski definition) is 2. The summed E-state index contributed by atoms with van der Waals surface area (Å²) in [6.07, 6.45) is 0. The van der Waals surface area contributed by atoms with Crippen molar-refractivity contribution in [1.29, 1.82) is 5.41 Å². The monoisotopic (exact) mass is 324 g/mol. The fourth-order valence-electron chi connectivity index (χ4n) is 0.432. The van der Waals surface area contributed by atoms with E-state index in [1.807, 2.05) is 17.5 Å². The highest BCUT2D eigenvalue weighted by Gasteiger charge is 1.92. The number of nitrogens with two attached hydrogens (primary N) is 1. The van der Waals surface area contributed by atoms with Gasteiger partial charge < -0.3 is 55.0 Å². The van der Waals surface area contributed by atoms with Crippen molar-refractivity contribution in [3.05, 3.63) is 22.4 Å². The molecule has 0 aliphatic rings. The van der Waals surface area contributed by atoms with Gasteiger partial charge in [-0.05, 0) is 11.4 Å². The van der Waals surface area contributed by atoms with Crippen LogP contribution in [0.3, 0.4) is 0 Å². The van der Waals surface area contributed by atoms with Crippen LogP contribution < -0.4 is 5.73 Å². The van der Waals surface area contributed by atoms with E-state index >= 15 is 0 Å². The molecular weight excluding hydrogens is 300 g/mol. The second kappa shape index (κ2) is 44.3. The van der Waals surface area contributed by atoms with Crippen molar-refractivity contribution < 1.29 is 49.3 Å². The third kappa shape index (κ3) is 29.4. The molecule has 21 N–H and O–H groups in total. The number of nitrogens with one attached hydrogen (secondary N) is 1. The molecule has 0 unspecified atom stereocenters. The first-order valence-electron chi connectivity index (χ1n) is 2.18. The minimum absolute atomic E-state index is 0. The molecule has 1 aromatic rings. The Balaban J connectivity index is -0.00000000800. The number of amidine groups is 1. The zero-order valence-electron chi connectivity index (χ0n) is 9.13. The summed E-state index contributed by atoms with van der Waals surface area (Å²) in [5, 5.41) is 8.84. The molecule has 0 aliphatic heterocycles. The Hall–Kier alpha value is -0.900. The highest BCUT2D eigenvalue weighted by molar-refractivity contribution is 7.12. The molecule has 0 saturated heterocycles. The lowest BCUT2D eigenvalue weighted by molar-refractivity contribution is 0.823. The fraction of sp³-hybridized carbons (Fsp3) is 0. The quantitative estimate of drug-likeness (QED) is 0.369. The molecular formula is C5H25ClN2O9S. The molecule has 122 valence electrons. The second-order valence-electron chi connectivity index (χ2n) is 1.39. The van der Waals surface area contributed by atoms with Crippen LogP contribution in [0.15, 0.2) is 17.5 Å². The lowest BCUT2D eigenvalue weighted by Crippen LogP contribution is -2.08. The van der Waals surface area contributed by atoms with Crippen LogP contribution in [0.5, 0.6) is 0 Å². The van der Waals surface area contributed by atoms with Gasteiger partial charge in [-0.1, -0.05) is 6.07 Å². The van der Waals surface area contributed by atoms with E-state index in [0.29, 0.717) is 0 Å². The summed E-state index contributed by atoms with van der Waals surface area (Å²) in [6.45, 7) is 0. The van der Waals surface area contributed by atoms with Gasteiger partial charge in [0, 0.05) is 0 Å². The maximum Gasteiger partial charge on any atom is 0.133 e. The van der Waals surface area contributed by atoms with Gasteiger partial charge in [0.1, 0.15) is 5.84 Å². The van der Waals surface area contributed by atoms with Crippen LogP contribution in [0, 0.1) is 5.41 Å². The summed E-state index contributed by atoms with van der Waals surface area (Å²) >= 11 is 1.48. The molecule has 18 heavy (non-hydrogen) atoms. The van der Waals surface area contributed by atoms with Gasteiger partial charge >= 0.3 is 0 Å². The molecule has 0 radical (unpaired) electrons. The number of nitrogen functional groups attached to an aromatic ring is 1. The van der Waals surface area contributed by atoms with Crippen molar-refractivity contribution in [3.63, 3.8) is 0 Å². The highest BCUT2D eigenvalue weighted by Crippen LogP contribution is 2.05. The molecule has 0 bridgehead atoms. The first kappa shape index (κ1) is 87.9.